The van der Waals surface area contributed by atoms with Crippen molar-refractivity contribution in [3.8, 4) is 16.3 Å². The molecule has 0 aliphatic heterocycles. The first-order chi connectivity index (χ1) is 13.8. The maximum absolute atomic E-state index is 12.7. The Morgan fingerprint density at radius 3 is 2.34 bits per heavy atom. The highest BCUT2D eigenvalue weighted by Crippen LogP contribution is 2.27. The fourth-order valence-corrected chi connectivity index (χ4v) is 4.65. The summed E-state index contributed by atoms with van der Waals surface area (Å²) in [6.07, 6.45) is 1.06. The van der Waals surface area contributed by atoms with Crippen LogP contribution in [0.4, 0.5) is 10.8 Å². The van der Waals surface area contributed by atoms with Crippen molar-refractivity contribution in [1.82, 2.24) is 10.2 Å². The molecule has 3 aromatic rings. The van der Waals surface area contributed by atoms with Crippen molar-refractivity contribution in [2.24, 2.45) is 0 Å². The molecule has 1 aromatic heterocycles. The summed E-state index contributed by atoms with van der Waals surface area (Å²) >= 11 is 1.21. The second kappa shape index (κ2) is 8.58. The number of rotatable bonds is 7. The number of hydrogen-bond acceptors (Lipinski definition) is 7. The van der Waals surface area contributed by atoms with Gasteiger partial charge >= 0.3 is 0 Å². The summed E-state index contributed by atoms with van der Waals surface area (Å²) in [5.41, 5.74) is 1.24. The highest BCUT2D eigenvalue weighted by molar-refractivity contribution is 7.92. The fraction of sp³-hybridized carbons (Fsp3) is 0.211. The molecule has 3 rings (SSSR count). The second-order valence-corrected chi connectivity index (χ2v) is 9.04. The number of methoxy groups -OCH3 is 1. The van der Waals surface area contributed by atoms with Crippen LogP contribution >= 0.6 is 11.3 Å². The monoisotopic (exact) mass is 432 g/mol. The van der Waals surface area contributed by atoms with Gasteiger partial charge in [-0.15, -0.1) is 10.2 Å². The van der Waals surface area contributed by atoms with Crippen LogP contribution in [0, 0.1) is 0 Å². The Morgan fingerprint density at radius 1 is 1.10 bits per heavy atom. The van der Waals surface area contributed by atoms with Crippen LogP contribution in [0.3, 0.4) is 0 Å². The first kappa shape index (κ1) is 20.7. The number of carbonyl (C=O) groups is 1. The number of amides is 1. The third kappa shape index (κ3) is 4.90. The molecule has 1 amide bonds. The molecule has 2 aromatic carbocycles. The van der Waals surface area contributed by atoms with Crippen molar-refractivity contribution in [3.63, 3.8) is 0 Å². The van der Waals surface area contributed by atoms with Crippen LogP contribution in [0.1, 0.15) is 6.92 Å². The van der Waals surface area contributed by atoms with E-state index < -0.39 is 22.0 Å². The van der Waals surface area contributed by atoms with E-state index in [1.807, 2.05) is 30.3 Å². The van der Waals surface area contributed by atoms with Crippen LogP contribution in [-0.2, 0) is 14.8 Å². The Hall–Kier alpha value is -2.98. The van der Waals surface area contributed by atoms with E-state index in [0.29, 0.717) is 21.6 Å². The maximum Gasteiger partial charge on any atom is 0.249 e. The molecule has 1 atom stereocenters. The fourth-order valence-electron chi connectivity index (χ4n) is 2.72. The SMILES string of the molecule is COc1ccc(N([C@@H](C)C(=O)Nc2nnc(-c3ccccc3)s2)S(C)(=O)=O)cc1. The molecular weight excluding hydrogens is 412 g/mol. The van der Waals surface area contributed by atoms with Gasteiger partial charge in [0.1, 0.15) is 16.8 Å². The van der Waals surface area contributed by atoms with Gasteiger partial charge in [0.15, 0.2) is 0 Å². The molecule has 0 spiro atoms. The van der Waals surface area contributed by atoms with Crippen LogP contribution in [0.5, 0.6) is 5.75 Å². The summed E-state index contributed by atoms with van der Waals surface area (Å²) in [6.45, 7) is 1.51. The average molecular weight is 433 g/mol. The van der Waals surface area contributed by atoms with Gasteiger partial charge in [-0.05, 0) is 31.2 Å². The summed E-state index contributed by atoms with van der Waals surface area (Å²) in [4.78, 5) is 12.7. The van der Waals surface area contributed by atoms with E-state index in [-0.39, 0.29) is 0 Å². The van der Waals surface area contributed by atoms with E-state index in [1.165, 1.54) is 25.4 Å². The molecule has 0 fully saturated rings. The van der Waals surface area contributed by atoms with Crippen LogP contribution in [0.2, 0.25) is 0 Å². The Bertz CT molecular complexity index is 1080. The number of aromatic nitrogens is 2. The zero-order valence-corrected chi connectivity index (χ0v) is 17.7. The molecule has 1 heterocycles. The van der Waals surface area contributed by atoms with Crippen molar-refractivity contribution in [2.75, 3.05) is 23.0 Å². The molecule has 0 saturated carbocycles. The van der Waals surface area contributed by atoms with Gasteiger partial charge in [0.2, 0.25) is 21.1 Å². The average Bonchev–Trinajstić information content (AvgIpc) is 3.16. The van der Waals surface area contributed by atoms with Crippen molar-refractivity contribution in [3.05, 3.63) is 54.6 Å². The number of sulfonamides is 1. The van der Waals surface area contributed by atoms with Gasteiger partial charge in [0, 0.05) is 5.56 Å². The molecule has 0 saturated heterocycles. The van der Waals surface area contributed by atoms with Gasteiger partial charge in [0.25, 0.3) is 0 Å². The molecular formula is C19H20N4O4S2. The Labute approximate surface area is 173 Å². The zero-order valence-electron chi connectivity index (χ0n) is 16.1. The summed E-state index contributed by atoms with van der Waals surface area (Å²) < 4.78 is 30.9. The first-order valence-corrected chi connectivity index (χ1v) is 11.3. The lowest BCUT2D eigenvalue weighted by Crippen LogP contribution is -2.45. The van der Waals surface area contributed by atoms with E-state index in [4.69, 9.17) is 4.74 Å². The van der Waals surface area contributed by atoms with Crippen LogP contribution in [0.15, 0.2) is 54.6 Å². The van der Waals surface area contributed by atoms with Gasteiger partial charge in [-0.1, -0.05) is 41.7 Å². The lowest BCUT2D eigenvalue weighted by atomic mass is 10.2. The number of nitrogens with zero attached hydrogens (tertiary/aromatic N) is 3. The van der Waals surface area contributed by atoms with Gasteiger partial charge < -0.3 is 4.74 Å². The predicted molar refractivity (Wildman–Crippen MR) is 114 cm³/mol. The normalized spacial score (nSPS) is 12.2. The third-order valence-electron chi connectivity index (χ3n) is 4.09. The van der Waals surface area contributed by atoms with Gasteiger partial charge in [0.05, 0.1) is 19.1 Å². The van der Waals surface area contributed by atoms with E-state index in [9.17, 15) is 13.2 Å². The number of ether oxygens (including phenoxy) is 1. The predicted octanol–water partition coefficient (Wildman–Crippen LogP) is 3.01. The van der Waals surface area contributed by atoms with Crippen LogP contribution in [0.25, 0.3) is 10.6 Å². The second-order valence-electron chi connectivity index (χ2n) is 6.20. The molecule has 0 radical (unpaired) electrons. The third-order valence-corrected chi connectivity index (χ3v) is 6.22. The number of hydrogen-bond donors (Lipinski definition) is 1. The summed E-state index contributed by atoms with van der Waals surface area (Å²) in [7, 11) is -2.19. The molecule has 29 heavy (non-hydrogen) atoms. The first-order valence-electron chi connectivity index (χ1n) is 8.63. The quantitative estimate of drug-likeness (QED) is 0.616. The van der Waals surface area contributed by atoms with E-state index in [2.05, 4.69) is 15.5 Å². The van der Waals surface area contributed by atoms with E-state index in [0.717, 1.165) is 16.1 Å². The summed E-state index contributed by atoms with van der Waals surface area (Å²) in [6, 6.07) is 14.9. The number of nitrogens with one attached hydrogen (secondary N) is 1. The van der Waals surface area contributed by atoms with Crippen LogP contribution < -0.4 is 14.4 Å². The van der Waals surface area contributed by atoms with Gasteiger partial charge in [-0.3, -0.25) is 14.4 Å². The van der Waals surface area contributed by atoms with Gasteiger partial charge in [-0.25, -0.2) is 8.42 Å². The Balaban J connectivity index is 1.80. The summed E-state index contributed by atoms with van der Waals surface area (Å²) in [5.74, 6) is 0.0728. The smallest absolute Gasteiger partial charge is 0.249 e. The van der Waals surface area contributed by atoms with E-state index in [1.54, 1.807) is 24.3 Å². The van der Waals surface area contributed by atoms with E-state index >= 15 is 0 Å². The Morgan fingerprint density at radius 2 is 1.76 bits per heavy atom. The minimum atomic E-state index is -3.71. The molecule has 0 bridgehead atoms. The number of anilines is 2. The molecule has 0 unspecified atom stereocenters. The maximum atomic E-state index is 12.7. The minimum absolute atomic E-state index is 0.295. The molecule has 10 heteroatoms. The summed E-state index contributed by atoms with van der Waals surface area (Å²) in [5, 5.41) is 11.7. The molecule has 8 nitrogen and oxygen atoms in total. The highest BCUT2D eigenvalue weighted by atomic mass is 32.2. The minimum Gasteiger partial charge on any atom is -0.497 e. The molecule has 0 aliphatic carbocycles. The van der Waals surface area contributed by atoms with Crippen molar-refractivity contribution < 1.29 is 17.9 Å². The van der Waals surface area contributed by atoms with Gasteiger partial charge in [-0.2, -0.15) is 0 Å². The number of carbonyl (C=O) groups excluding carboxylic acids is 1. The molecule has 1 N–H and O–H groups in total. The topological polar surface area (TPSA) is 101 Å². The zero-order chi connectivity index (χ0) is 21.0. The van der Waals surface area contributed by atoms with Crippen molar-refractivity contribution in [1.29, 1.82) is 0 Å². The highest BCUT2D eigenvalue weighted by Gasteiger charge is 2.29. The van der Waals surface area contributed by atoms with Crippen LogP contribution in [-0.4, -0.2) is 43.9 Å². The standard InChI is InChI=1S/C19H20N4O4S2/c1-13(23(29(3,25)26)15-9-11-16(27-2)12-10-15)17(24)20-19-22-21-18(28-19)14-7-5-4-6-8-14/h4-13H,1-3H3,(H,20,22,24)/t13-/m0/s1. The number of benzene rings is 2. The van der Waals surface area contributed by atoms with Crippen molar-refractivity contribution in [2.45, 2.75) is 13.0 Å². The lowest BCUT2D eigenvalue weighted by molar-refractivity contribution is -0.116. The molecule has 0 aliphatic rings. The largest absolute Gasteiger partial charge is 0.497 e. The lowest BCUT2D eigenvalue weighted by Gasteiger charge is -2.28. The van der Waals surface area contributed by atoms with Crippen molar-refractivity contribution >= 4 is 38.1 Å². The molecule has 152 valence electrons. The Kier molecular flexibility index (Phi) is 6.14.